The van der Waals surface area contributed by atoms with Gasteiger partial charge in [0.1, 0.15) is 5.69 Å². The Morgan fingerprint density at radius 1 is 1.24 bits per heavy atom. The van der Waals surface area contributed by atoms with Crippen LogP contribution in [0.15, 0.2) is 52.4 Å². The third kappa shape index (κ3) is 5.19. The molecule has 0 spiro atoms. The van der Waals surface area contributed by atoms with E-state index in [1.807, 2.05) is 25.1 Å². The first kappa shape index (κ1) is 20.1. The Morgan fingerprint density at radius 2 is 2.07 bits per heavy atom. The van der Waals surface area contributed by atoms with E-state index in [4.69, 9.17) is 9.47 Å². The number of ether oxygens (including phenoxy) is 2. The summed E-state index contributed by atoms with van der Waals surface area (Å²) in [4.78, 5) is 31.2. The summed E-state index contributed by atoms with van der Waals surface area (Å²) in [6, 6.07) is 12.6. The number of rotatable bonds is 8. The number of benzene rings is 2. The van der Waals surface area contributed by atoms with Gasteiger partial charge >= 0.3 is 0 Å². The van der Waals surface area contributed by atoms with E-state index in [0.29, 0.717) is 34.8 Å². The van der Waals surface area contributed by atoms with Crippen molar-refractivity contribution in [3.8, 4) is 11.5 Å². The van der Waals surface area contributed by atoms with Crippen molar-refractivity contribution < 1.29 is 14.3 Å². The third-order valence-corrected chi connectivity index (χ3v) is 4.15. The lowest BCUT2D eigenvalue weighted by Gasteiger charge is -2.09. The molecule has 0 saturated heterocycles. The highest BCUT2D eigenvalue weighted by molar-refractivity contribution is 5.83. The van der Waals surface area contributed by atoms with E-state index in [2.05, 4.69) is 20.5 Å². The van der Waals surface area contributed by atoms with Crippen LogP contribution in [-0.2, 0) is 11.2 Å². The number of carbonyl (C=O) groups excluding carboxylic acids is 1. The average molecular weight is 394 g/mol. The molecule has 8 nitrogen and oxygen atoms in total. The molecule has 0 fully saturated rings. The number of nitrogens with one attached hydrogen (secondary N) is 2. The smallest absolute Gasteiger partial charge is 0.270 e. The van der Waals surface area contributed by atoms with E-state index in [-0.39, 0.29) is 24.3 Å². The number of hydrazone groups is 1. The molecule has 0 atom stereocenters. The monoisotopic (exact) mass is 394 g/mol. The van der Waals surface area contributed by atoms with Crippen LogP contribution >= 0.6 is 0 Å². The molecule has 1 aromatic heterocycles. The van der Waals surface area contributed by atoms with Crippen LogP contribution in [0.5, 0.6) is 11.5 Å². The van der Waals surface area contributed by atoms with E-state index in [0.717, 1.165) is 5.56 Å². The van der Waals surface area contributed by atoms with E-state index >= 15 is 0 Å². The number of para-hydroxylation sites is 2. The summed E-state index contributed by atoms with van der Waals surface area (Å²) in [7, 11) is 1.57. The fourth-order valence-corrected chi connectivity index (χ4v) is 2.75. The van der Waals surface area contributed by atoms with Gasteiger partial charge < -0.3 is 14.5 Å². The molecule has 2 aromatic carbocycles. The molecular formula is C21H22N4O4. The van der Waals surface area contributed by atoms with Gasteiger partial charge in [-0.15, -0.1) is 0 Å². The molecule has 1 amide bonds. The zero-order chi connectivity index (χ0) is 20.6. The Bertz CT molecular complexity index is 1090. The molecule has 8 heteroatoms. The number of amides is 1. The van der Waals surface area contributed by atoms with Gasteiger partial charge in [0.05, 0.1) is 31.0 Å². The van der Waals surface area contributed by atoms with Gasteiger partial charge in [0.25, 0.3) is 5.56 Å². The quantitative estimate of drug-likeness (QED) is 0.451. The maximum absolute atomic E-state index is 12.1. The van der Waals surface area contributed by atoms with Crippen molar-refractivity contribution in [2.24, 2.45) is 5.10 Å². The molecule has 3 rings (SSSR count). The maximum atomic E-state index is 12.1. The summed E-state index contributed by atoms with van der Waals surface area (Å²) in [5.74, 6) is 0.919. The molecular weight excluding hydrogens is 372 g/mol. The van der Waals surface area contributed by atoms with Gasteiger partial charge in [0, 0.05) is 12.8 Å². The number of fused-ring (bicyclic) bond motifs is 1. The Labute approximate surface area is 167 Å². The predicted molar refractivity (Wildman–Crippen MR) is 111 cm³/mol. The molecule has 0 saturated carbocycles. The first-order valence-corrected chi connectivity index (χ1v) is 9.21. The zero-order valence-corrected chi connectivity index (χ0v) is 16.3. The second-order valence-corrected chi connectivity index (χ2v) is 6.17. The number of hydrogen-bond acceptors (Lipinski definition) is 6. The molecule has 0 aliphatic rings. The fraction of sp³-hybridized carbons (Fsp3) is 0.238. The molecule has 2 N–H and O–H groups in total. The van der Waals surface area contributed by atoms with Gasteiger partial charge in [-0.3, -0.25) is 9.59 Å². The normalized spacial score (nSPS) is 11.0. The molecule has 29 heavy (non-hydrogen) atoms. The van der Waals surface area contributed by atoms with Gasteiger partial charge in [-0.05, 0) is 42.8 Å². The lowest BCUT2D eigenvalue weighted by atomic mass is 10.2. The van der Waals surface area contributed by atoms with Gasteiger partial charge in [-0.25, -0.2) is 10.4 Å². The Hall–Kier alpha value is -3.68. The van der Waals surface area contributed by atoms with Crippen molar-refractivity contribution in [1.82, 2.24) is 15.4 Å². The van der Waals surface area contributed by atoms with Crippen molar-refractivity contribution in [2.75, 3.05) is 13.7 Å². The van der Waals surface area contributed by atoms with Crippen LogP contribution in [0, 0.1) is 0 Å². The largest absolute Gasteiger partial charge is 0.493 e. The summed E-state index contributed by atoms with van der Waals surface area (Å²) in [5, 5.41) is 3.96. The minimum Gasteiger partial charge on any atom is -0.493 e. The Kier molecular flexibility index (Phi) is 6.57. The summed E-state index contributed by atoms with van der Waals surface area (Å²) in [6.07, 6.45) is 1.83. The van der Waals surface area contributed by atoms with Crippen LogP contribution in [0.4, 0.5) is 0 Å². The number of nitrogens with zero attached hydrogens (tertiary/aromatic N) is 2. The third-order valence-electron chi connectivity index (χ3n) is 4.15. The molecule has 0 unspecified atom stereocenters. The topological polar surface area (TPSA) is 106 Å². The molecule has 3 aromatic rings. The number of aryl methyl sites for hydroxylation is 1. The van der Waals surface area contributed by atoms with Gasteiger partial charge in [-0.1, -0.05) is 12.1 Å². The highest BCUT2D eigenvalue weighted by Gasteiger charge is 2.08. The van der Waals surface area contributed by atoms with E-state index in [1.54, 1.807) is 31.4 Å². The van der Waals surface area contributed by atoms with Crippen LogP contribution in [0.3, 0.4) is 0 Å². The number of H-pyrrole nitrogens is 1. The van der Waals surface area contributed by atoms with Crippen LogP contribution in [0.2, 0.25) is 0 Å². The van der Waals surface area contributed by atoms with Crippen molar-refractivity contribution >= 4 is 23.2 Å². The predicted octanol–water partition coefficient (Wildman–Crippen LogP) is 2.41. The number of hydrogen-bond donors (Lipinski definition) is 2. The SMILES string of the molecule is CCOc1cc(/C=N\NC(=O)CCc2nc3ccccc3[nH]c2=O)ccc1OC. The molecule has 0 bridgehead atoms. The number of aromatic nitrogens is 2. The molecule has 150 valence electrons. The van der Waals surface area contributed by atoms with E-state index in [9.17, 15) is 9.59 Å². The lowest BCUT2D eigenvalue weighted by molar-refractivity contribution is -0.121. The van der Waals surface area contributed by atoms with Crippen molar-refractivity contribution in [2.45, 2.75) is 19.8 Å². The van der Waals surface area contributed by atoms with Gasteiger partial charge in [0.15, 0.2) is 11.5 Å². The highest BCUT2D eigenvalue weighted by Crippen LogP contribution is 2.27. The Morgan fingerprint density at radius 3 is 2.86 bits per heavy atom. The fourth-order valence-electron chi connectivity index (χ4n) is 2.75. The first-order valence-electron chi connectivity index (χ1n) is 9.21. The second-order valence-electron chi connectivity index (χ2n) is 6.17. The molecule has 1 heterocycles. The second kappa shape index (κ2) is 9.50. The first-order chi connectivity index (χ1) is 14.1. The average Bonchev–Trinajstić information content (AvgIpc) is 2.72. The van der Waals surface area contributed by atoms with Gasteiger partial charge in [-0.2, -0.15) is 5.10 Å². The summed E-state index contributed by atoms with van der Waals surface area (Å²) in [6.45, 7) is 2.39. The van der Waals surface area contributed by atoms with Crippen molar-refractivity contribution in [3.05, 3.63) is 64.1 Å². The van der Waals surface area contributed by atoms with Crippen LogP contribution < -0.4 is 20.5 Å². The van der Waals surface area contributed by atoms with Crippen molar-refractivity contribution in [1.29, 1.82) is 0 Å². The number of carbonyl (C=O) groups is 1. The van der Waals surface area contributed by atoms with Crippen LogP contribution in [0.1, 0.15) is 24.6 Å². The highest BCUT2D eigenvalue weighted by atomic mass is 16.5. The minimum atomic E-state index is -0.311. The summed E-state index contributed by atoms with van der Waals surface area (Å²) >= 11 is 0. The summed E-state index contributed by atoms with van der Waals surface area (Å²) in [5.41, 5.74) is 4.59. The number of aromatic amines is 1. The van der Waals surface area contributed by atoms with E-state index < -0.39 is 0 Å². The van der Waals surface area contributed by atoms with Crippen molar-refractivity contribution in [3.63, 3.8) is 0 Å². The maximum Gasteiger partial charge on any atom is 0.270 e. The molecule has 0 radical (unpaired) electrons. The van der Waals surface area contributed by atoms with E-state index in [1.165, 1.54) is 6.21 Å². The van der Waals surface area contributed by atoms with Crippen LogP contribution in [-0.4, -0.2) is 35.8 Å². The Balaban J connectivity index is 1.58. The van der Waals surface area contributed by atoms with Gasteiger partial charge in [0.2, 0.25) is 5.91 Å². The standard InChI is InChI=1S/C21H22N4O4/c1-3-29-19-12-14(8-10-18(19)28-2)13-22-25-20(26)11-9-17-21(27)24-16-7-5-4-6-15(16)23-17/h4-8,10,12-13H,3,9,11H2,1-2H3,(H,24,27)(H,25,26)/b22-13-. The minimum absolute atomic E-state index is 0.0958. The summed E-state index contributed by atoms with van der Waals surface area (Å²) < 4.78 is 10.7. The number of methoxy groups -OCH3 is 1. The molecule has 0 aliphatic carbocycles. The zero-order valence-electron chi connectivity index (χ0n) is 16.3. The lowest BCUT2D eigenvalue weighted by Crippen LogP contribution is -2.21. The van der Waals surface area contributed by atoms with Crippen LogP contribution in [0.25, 0.3) is 11.0 Å². The molecule has 0 aliphatic heterocycles.